The summed E-state index contributed by atoms with van der Waals surface area (Å²) in [7, 11) is 1.03. The largest absolute Gasteiger partial charge is 0.328 e. The van der Waals surface area contributed by atoms with Gasteiger partial charge in [-0.3, -0.25) is 0 Å². The van der Waals surface area contributed by atoms with E-state index in [1.165, 1.54) is 0 Å². The molecule has 0 saturated heterocycles. The molecule has 0 heterocycles. The Balaban J connectivity index is 3.30. The van der Waals surface area contributed by atoms with Gasteiger partial charge in [0.05, 0.1) is 0 Å². The van der Waals surface area contributed by atoms with Crippen molar-refractivity contribution in [2.75, 3.05) is 0 Å². The van der Waals surface area contributed by atoms with Crippen LogP contribution in [0.2, 0.25) is 5.82 Å². The summed E-state index contributed by atoms with van der Waals surface area (Å²) in [6.07, 6.45) is 0. The van der Waals surface area contributed by atoms with Crippen molar-refractivity contribution < 1.29 is 0 Å². The molecule has 0 aliphatic heterocycles. The van der Waals surface area contributed by atoms with Crippen LogP contribution < -0.4 is 5.73 Å². The number of hydrogen-bond acceptors (Lipinski definition) is 1. The van der Waals surface area contributed by atoms with Gasteiger partial charge in [0.25, 0.3) is 0 Å². The van der Waals surface area contributed by atoms with Gasteiger partial charge in [-0.2, -0.15) is 0 Å². The third kappa shape index (κ3) is 2.86. The zero-order valence-electron chi connectivity index (χ0n) is 5.72. The molecule has 0 aromatic heterocycles. The van der Waals surface area contributed by atoms with Crippen LogP contribution in [-0.4, -0.2) is 13.3 Å². The molecule has 0 aromatic carbocycles. The van der Waals surface area contributed by atoms with Crippen molar-refractivity contribution in [3.8, 4) is 0 Å². The van der Waals surface area contributed by atoms with Gasteiger partial charge in [-0.1, -0.05) is 13.8 Å². The van der Waals surface area contributed by atoms with E-state index in [4.69, 9.17) is 5.73 Å². The molecule has 0 fully saturated rings. The van der Waals surface area contributed by atoms with E-state index in [1.54, 1.807) is 0 Å². The maximum Gasteiger partial charge on any atom is 0.151 e. The minimum atomic E-state index is 0.299. The van der Waals surface area contributed by atoms with Crippen LogP contribution in [0.3, 0.4) is 0 Å². The summed E-state index contributed by atoms with van der Waals surface area (Å²) in [6.45, 7) is 7.78. The molecule has 0 aliphatic carbocycles. The highest BCUT2D eigenvalue weighted by Gasteiger charge is 2.04. The molecule has 2 heteroatoms. The summed E-state index contributed by atoms with van der Waals surface area (Å²) >= 11 is 0. The molecular weight excluding hydrogens is 96.9 g/mol. The van der Waals surface area contributed by atoms with Gasteiger partial charge in [-0.15, -0.1) is 12.6 Å². The Kier molecular flexibility index (Phi) is 3.62. The average Bonchev–Trinajstić information content (AvgIpc) is 1.67. The highest BCUT2D eigenvalue weighted by atomic mass is 14.6. The van der Waals surface area contributed by atoms with E-state index < -0.39 is 0 Å². The zero-order valence-corrected chi connectivity index (χ0v) is 5.72. The van der Waals surface area contributed by atoms with E-state index >= 15 is 0 Å². The van der Waals surface area contributed by atoms with Gasteiger partial charge in [0, 0.05) is 0 Å². The van der Waals surface area contributed by atoms with Gasteiger partial charge in [-0.25, -0.2) is 0 Å². The Hall–Kier alpha value is -0.235. The molecule has 2 N–H and O–H groups in total. The second-order valence-corrected chi connectivity index (χ2v) is 2.36. The quantitative estimate of drug-likeness (QED) is 0.533. The van der Waals surface area contributed by atoms with Crippen molar-refractivity contribution in [1.29, 1.82) is 0 Å². The predicted molar refractivity (Wildman–Crippen MR) is 40.4 cm³/mol. The van der Waals surface area contributed by atoms with Crippen LogP contribution in [-0.2, 0) is 0 Å². The molecule has 1 nitrogen and oxygen atoms in total. The Labute approximate surface area is 52.2 Å². The fraction of sp³-hybridized carbons (Fsp3) is 0.667. The first kappa shape index (κ1) is 7.76. The lowest BCUT2D eigenvalue weighted by atomic mass is 9.63. The zero-order chi connectivity index (χ0) is 6.57. The molecule has 46 valence electrons. The van der Waals surface area contributed by atoms with Crippen LogP contribution >= 0.6 is 0 Å². The van der Waals surface area contributed by atoms with Gasteiger partial charge < -0.3 is 5.73 Å². The van der Waals surface area contributed by atoms with E-state index in [0.717, 1.165) is 7.28 Å². The first-order valence-electron chi connectivity index (χ1n) is 3.05. The van der Waals surface area contributed by atoms with Crippen LogP contribution in [0.25, 0.3) is 0 Å². The van der Waals surface area contributed by atoms with Crippen LogP contribution in [0.15, 0.2) is 12.6 Å². The fourth-order valence-corrected chi connectivity index (χ4v) is 0.478. The Morgan fingerprint density at radius 1 is 1.62 bits per heavy atom. The molecule has 0 aliphatic rings. The maximum atomic E-state index is 5.57. The first-order chi connectivity index (χ1) is 3.68. The van der Waals surface area contributed by atoms with E-state index in [1.807, 2.05) is 12.9 Å². The highest BCUT2D eigenvalue weighted by Crippen LogP contribution is 2.03. The molecule has 0 amide bonds. The number of rotatable bonds is 3. The molecule has 0 bridgehead atoms. The lowest BCUT2D eigenvalue weighted by Gasteiger charge is -2.10. The van der Waals surface area contributed by atoms with E-state index in [9.17, 15) is 0 Å². The molecule has 0 aromatic rings. The topological polar surface area (TPSA) is 26.0 Å². The van der Waals surface area contributed by atoms with Gasteiger partial charge in [0.15, 0.2) is 7.28 Å². The first-order valence-corrected chi connectivity index (χ1v) is 3.05. The molecular formula is C6H14BN. The maximum absolute atomic E-state index is 5.57. The Bertz CT molecular complexity index is 70.9. The Morgan fingerprint density at radius 3 is 2.25 bits per heavy atom. The molecule has 8 heavy (non-hydrogen) atoms. The number of nitrogens with two attached hydrogens (primary N) is 1. The predicted octanol–water partition coefficient (Wildman–Crippen LogP) is 0.722. The molecule has 0 spiro atoms. The van der Waals surface area contributed by atoms with Crippen molar-refractivity contribution in [2.24, 2.45) is 5.73 Å². The van der Waals surface area contributed by atoms with Gasteiger partial charge in [0.2, 0.25) is 0 Å². The van der Waals surface area contributed by atoms with Crippen LogP contribution in [0.5, 0.6) is 0 Å². The average molecular weight is 111 g/mol. The van der Waals surface area contributed by atoms with Crippen molar-refractivity contribution in [1.82, 2.24) is 0 Å². The molecule has 0 rings (SSSR count). The summed E-state index contributed by atoms with van der Waals surface area (Å²) in [5.74, 6) is 2.49. The lowest BCUT2D eigenvalue weighted by Crippen LogP contribution is -2.23. The fourth-order valence-electron chi connectivity index (χ4n) is 0.478. The third-order valence-corrected chi connectivity index (χ3v) is 1.44. The van der Waals surface area contributed by atoms with Crippen molar-refractivity contribution in [3.05, 3.63) is 12.6 Å². The normalized spacial score (nSPS) is 16.9. The van der Waals surface area contributed by atoms with Crippen molar-refractivity contribution >= 4 is 7.28 Å². The summed E-state index contributed by atoms with van der Waals surface area (Å²) in [4.78, 5) is 0. The minimum Gasteiger partial charge on any atom is -0.328 e. The van der Waals surface area contributed by atoms with Gasteiger partial charge in [-0.05, 0) is 11.9 Å². The van der Waals surface area contributed by atoms with E-state index in [2.05, 4.69) is 13.5 Å². The van der Waals surface area contributed by atoms with E-state index in [-0.39, 0.29) is 0 Å². The monoisotopic (exact) mass is 111 g/mol. The molecule has 0 radical (unpaired) electrons. The van der Waals surface area contributed by atoms with Crippen LogP contribution in [0, 0.1) is 0 Å². The summed E-state index contributed by atoms with van der Waals surface area (Å²) < 4.78 is 0. The second kappa shape index (κ2) is 3.73. The van der Waals surface area contributed by atoms with E-state index in [0.29, 0.717) is 11.9 Å². The molecule has 2 atom stereocenters. The van der Waals surface area contributed by atoms with Gasteiger partial charge >= 0.3 is 0 Å². The van der Waals surface area contributed by atoms with Crippen molar-refractivity contribution in [2.45, 2.75) is 25.7 Å². The second-order valence-electron chi connectivity index (χ2n) is 2.36. The van der Waals surface area contributed by atoms with Gasteiger partial charge in [0.1, 0.15) is 0 Å². The van der Waals surface area contributed by atoms with Crippen LogP contribution in [0.1, 0.15) is 13.8 Å². The Morgan fingerprint density at radius 2 is 2.12 bits per heavy atom. The van der Waals surface area contributed by atoms with Crippen molar-refractivity contribution in [3.63, 3.8) is 0 Å². The standard InChI is InChI=1S/C6H14BN/c1-4-7-5(2)6(3)8/h4-7H,1,8H2,2-3H3. The highest BCUT2D eigenvalue weighted by molar-refractivity contribution is 6.43. The SMILES string of the molecule is C=CBC(C)C(C)N. The summed E-state index contributed by atoms with van der Waals surface area (Å²) in [6, 6.07) is 0.299. The minimum absolute atomic E-state index is 0.299. The smallest absolute Gasteiger partial charge is 0.151 e. The lowest BCUT2D eigenvalue weighted by molar-refractivity contribution is 0.708. The molecule has 2 unspecified atom stereocenters. The number of hydrogen-bond donors (Lipinski definition) is 1. The third-order valence-electron chi connectivity index (χ3n) is 1.44. The summed E-state index contributed by atoms with van der Waals surface area (Å²) in [5.41, 5.74) is 5.57. The molecule has 0 saturated carbocycles. The van der Waals surface area contributed by atoms with Crippen LogP contribution in [0.4, 0.5) is 0 Å². The summed E-state index contributed by atoms with van der Waals surface area (Å²) in [5, 5.41) is 0.